The fraction of sp³-hybridized carbons (Fsp3) is 0.370. The zero-order chi connectivity index (χ0) is 26.0. The average molecular weight is 492 g/mol. The minimum Gasteiger partial charge on any atom is -0.444 e. The second kappa shape index (κ2) is 9.93. The first-order valence-electron chi connectivity index (χ1n) is 12.0. The Morgan fingerprint density at radius 2 is 1.03 bits per heavy atom. The van der Waals surface area contributed by atoms with Crippen LogP contribution in [0.3, 0.4) is 0 Å². The number of nitrogens with zero attached hydrogens (tertiary/aromatic N) is 3. The third-order valence-electron chi connectivity index (χ3n) is 6.03. The maximum Gasteiger partial charge on any atom is 0.410 e. The van der Waals surface area contributed by atoms with Crippen LogP contribution < -0.4 is 0 Å². The molecule has 0 aromatic heterocycles. The zero-order valence-electron chi connectivity index (χ0n) is 20.7. The number of benzene rings is 2. The molecule has 188 valence electrons. The first-order chi connectivity index (χ1) is 17.1. The number of hydrogen-bond donors (Lipinski definition) is 0. The summed E-state index contributed by atoms with van der Waals surface area (Å²) in [7, 11) is 0. The van der Waals surface area contributed by atoms with Gasteiger partial charge in [-0.1, -0.05) is 24.3 Å². The second-order valence-electron chi connectivity index (χ2n) is 9.79. The molecule has 5 amide bonds. The van der Waals surface area contributed by atoms with Gasteiger partial charge >= 0.3 is 6.09 Å². The fourth-order valence-corrected chi connectivity index (χ4v) is 4.34. The van der Waals surface area contributed by atoms with Gasteiger partial charge in [-0.2, -0.15) is 0 Å². The van der Waals surface area contributed by atoms with Crippen LogP contribution in [0.25, 0.3) is 0 Å². The van der Waals surface area contributed by atoms with Crippen molar-refractivity contribution in [2.24, 2.45) is 0 Å². The van der Waals surface area contributed by atoms with E-state index in [4.69, 9.17) is 4.74 Å². The van der Waals surface area contributed by atoms with E-state index in [1.54, 1.807) is 69.3 Å². The van der Waals surface area contributed by atoms with Crippen LogP contribution in [0, 0.1) is 0 Å². The van der Waals surface area contributed by atoms with Crippen molar-refractivity contribution in [3.05, 3.63) is 70.8 Å². The van der Waals surface area contributed by atoms with E-state index < -0.39 is 11.7 Å². The Bertz CT molecular complexity index is 1080. The molecule has 2 aliphatic heterocycles. The summed E-state index contributed by atoms with van der Waals surface area (Å²) in [5.74, 6) is -1.37. The molecule has 0 saturated heterocycles. The Hall–Kier alpha value is -4.01. The Balaban J connectivity index is 1.36. The number of ether oxygens (including phenoxy) is 1. The van der Waals surface area contributed by atoms with Crippen LogP contribution in [0.4, 0.5) is 4.79 Å². The molecule has 0 N–H and O–H groups in total. The average Bonchev–Trinajstić information content (AvgIpc) is 3.22. The highest BCUT2D eigenvalue weighted by Crippen LogP contribution is 2.24. The number of amides is 5. The summed E-state index contributed by atoms with van der Waals surface area (Å²) < 4.78 is 5.52. The van der Waals surface area contributed by atoms with Crippen LogP contribution in [-0.4, -0.2) is 76.2 Å². The Labute approximate surface area is 209 Å². The molecule has 0 atom stereocenters. The van der Waals surface area contributed by atoms with Gasteiger partial charge in [0.05, 0.1) is 22.3 Å². The summed E-state index contributed by atoms with van der Waals surface area (Å²) in [4.78, 5) is 67.1. The van der Waals surface area contributed by atoms with E-state index in [2.05, 4.69) is 0 Å². The van der Waals surface area contributed by atoms with Gasteiger partial charge in [-0.25, -0.2) is 4.79 Å². The minimum atomic E-state index is -0.708. The molecule has 2 aromatic rings. The van der Waals surface area contributed by atoms with Crippen molar-refractivity contribution in [3.8, 4) is 0 Å². The van der Waals surface area contributed by atoms with Crippen molar-refractivity contribution < 1.29 is 28.7 Å². The van der Waals surface area contributed by atoms with Crippen molar-refractivity contribution >= 4 is 29.7 Å². The normalized spacial score (nSPS) is 14.9. The predicted molar refractivity (Wildman–Crippen MR) is 131 cm³/mol. The summed E-state index contributed by atoms with van der Waals surface area (Å²) in [6, 6.07) is 13.4. The Morgan fingerprint density at radius 1 is 0.694 bits per heavy atom. The molecule has 0 radical (unpaired) electrons. The van der Waals surface area contributed by atoms with E-state index in [1.165, 1.54) is 14.7 Å². The van der Waals surface area contributed by atoms with Gasteiger partial charge in [-0.05, 0) is 57.9 Å². The predicted octanol–water partition coefficient (Wildman–Crippen LogP) is 3.60. The molecular weight excluding hydrogens is 462 g/mol. The Kier molecular flexibility index (Phi) is 6.92. The largest absolute Gasteiger partial charge is 0.444 e. The Morgan fingerprint density at radius 3 is 1.33 bits per heavy atom. The van der Waals surface area contributed by atoms with Gasteiger partial charge in [-0.15, -0.1) is 0 Å². The van der Waals surface area contributed by atoms with E-state index in [0.29, 0.717) is 35.1 Å². The molecule has 0 unspecified atom stereocenters. The van der Waals surface area contributed by atoms with Crippen LogP contribution in [-0.2, 0) is 4.74 Å². The summed E-state index contributed by atoms with van der Waals surface area (Å²) in [5, 5.41) is 0. The van der Waals surface area contributed by atoms with Crippen molar-refractivity contribution in [1.29, 1.82) is 0 Å². The van der Waals surface area contributed by atoms with Crippen LogP contribution >= 0.6 is 0 Å². The van der Waals surface area contributed by atoms with Gasteiger partial charge < -0.3 is 9.64 Å². The lowest BCUT2D eigenvalue weighted by atomic mass is 10.1. The van der Waals surface area contributed by atoms with Crippen LogP contribution in [0.5, 0.6) is 0 Å². The lowest BCUT2D eigenvalue weighted by Crippen LogP contribution is -2.41. The van der Waals surface area contributed by atoms with Crippen molar-refractivity contribution in [1.82, 2.24) is 14.7 Å². The van der Waals surface area contributed by atoms with E-state index in [1.807, 2.05) is 0 Å². The SMILES string of the molecule is CC(C)(C)OC(=O)N(CCCN1C(=O)c2ccccc2C1=O)CCCN1C(=O)c2ccccc2C1=O. The van der Waals surface area contributed by atoms with Crippen LogP contribution in [0.15, 0.2) is 48.5 Å². The highest BCUT2D eigenvalue weighted by atomic mass is 16.6. The van der Waals surface area contributed by atoms with Crippen molar-refractivity contribution in [2.45, 2.75) is 39.2 Å². The monoisotopic (exact) mass is 491 g/mol. The molecule has 2 aliphatic rings. The fourth-order valence-electron chi connectivity index (χ4n) is 4.34. The van der Waals surface area contributed by atoms with Crippen molar-refractivity contribution in [2.75, 3.05) is 26.2 Å². The van der Waals surface area contributed by atoms with E-state index in [-0.39, 0.29) is 49.8 Å². The molecule has 2 heterocycles. The number of carbonyl (C=O) groups excluding carboxylic acids is 5. The molecular formula is C27H29N3O6. The van der Waals surface area contributed by atoms with Gasteiger partial charge in [0.15, 0.2) is 0 Å². The minimum absolute atomic E-state index is 0.157. The summed E-state index contributed by atoms with van der Waals surface area (Å²) in [5.41, 5.74) is 0.820. The van der Waals surface area contributed by atoms with Gasteiger partial charge in [0.1, 0.15) is 5.60 Å². The van der Waals surface area contributed by atoms with Gasteiger partial charge in [0, 0.05) is 26.2 Å². The summed E-state index contributed by atoms with van der Waals surface area (Å²) in [6.07, 6.45) is 0.183. The first kappa shape index (κ1) is 25.1. The zero-order valence-corrected chi connectivity index (χ0v) is 20.7. The number of carbonyl (C=O) groups is 5. The highest BCUT2D eigenvalue weighted by molar-refractivity contribution is 6.22. The number of rotatable bonds is 8. The van der Waals surface area contributed by atoms with Gasteiger partial charge in [0.25, 0.3) is 23.6 Å². The number of fused-ring (bicyclic) bond motifs is 2. The first-order valence-corrected chi connectivity index (χ1v) is 12.0. The molecule has 9 nitrogen and oxygen atoms in total. The van der Waals surface area contributed by atoms with E-state index in [9.17, 15) is 24.0 Å². The third kappa shape index (κ3) is 5.00. The van der Waals surface area contributed by atoms with Crippen LogP contribution in [0.1, 0.15) is 75.0 Å². The quantitative estimate of drug-likeness (QED) is 0.523. The molecule has 2 aromatic carbocycles. The van der Waals surface area contributed by atoms with E-state index >= 15 is 0 Å². The molecule has 4 rings (SSSR count). The van der Waals surface area contributed by atoms with E-state index in [0.717, 1.165) is 0 Å². The molecule has 0 bridgehead atoms. The molecule has 0 fully saturated rings. The maximum atomic E-state index is 12.8. The molecule has 0 saturated carbocycles. The summed E-state index contributed by atoms with van der Waals surface area (Å²) in [6.45, 7) is 6.09. The van der Waals surface area contributed by atoms with Crippen LogP contribution in [0.2, 0.25) is 0 Å². The number of imide groups is 2. The summed E-state index contributed by atoms with van der Waals surface area (Å²) >= 11 is 0. The second-order valence-corrected chi connectivity index (χ2v) is 9.79. The lowest BCUT2D eigenvalue weighted by Gasteiger charge is -2.28. The lowest BCUT2D eigenvalue weighted by molar-refractivity contribution is 0.0240. The number of hydrogen-bond acceptors (Lipinski definition) is 6. The third-order valence-corrected chi connectivity index (χ3v) is 6.03. The highest BCUT2D eigenvalue weighted by Gasteiger charge is 2.36. The smallest absolute Gasteiger partial charge is 0.410 e. The molecule has 9 heteroatoms. The van der Waals surface area contributed by atoms with Gasteiger partial charge in [0.2, 0.25) is 0 Å². The standard InChI is InChI=1S/C27H29N3O6/c1-27(2,3)36-26(35)28(14-8-16-29-22(31)18-10-4-5-11-19(18)23(29)32)15-9-17-30-24(33)20-12-6-7-13-21(20)25(30)34/h4-7,10-13H,8-9,14-17H2,1-3H3. The molecule has 36 heavy (non-hydrogen) atoms. The van der Waals surface area contributed by atoms with Gasteiger partial charge in [-0.3, -0.25) is 29.0 Å². The topological polar surface area (TPSA) is 104 Å². The molecule has 0 aliphatic carbocycles. The maximum absolute atomic E-state index is 12.8. The molecule has 0 spiro atoms. The van der Waals surface area contributed by atoms with Crippen molar-refractivity contribution in [3.63, 3.8) is 0 Å².